The average Bonchev–Trinajstić information content (AvgIpc) is 2.76. The molecule has 1 aromatic carbocycles. The molecular weight excluding hydrogens is 224 g/mol. The van der Waals surface area contributed by atoms with Gasteiger partial charge in [-0.3, -0.25) is 4.79 Å². The highest BCUT2D eigenvalue weighted by Gasteiger charge is 2.29. The van der Waals surface area contributed by atoms with Crippen LogP contribution in [0.2, 0.25) is 0 Å². The maximum atomic E-state index is 12.2. The molecule has 0 spiro atoms. The molecule has 98 valence electrons. The van der Waals surface area contributed by atoms with Crippen molar-refractivity contribution in [1.82, 2.24) is 4.90 Å². The summed E-state index contributed by atoms with van der Waals surface area (Å²) < 4.78 is 0. The van der Waals surface area contributed by atoms with E-state index in [0.717, 1.165) is 19.4 Å². The summed E-state index contributed by atoms with van der Waals surface area (Å²) >= 11 is 0. The number of amides is 1. The number of carbonyl (C=O) groups is 1. The van der Waals surface area contributed by atoms with E-state index in [4.69, 9.17) is 5.73 Å². The van der Waals surface area contributed by atoms with Crippen LogP contribution < -0.4 is 5.73 Å². The molecule has 3 heteroatoms. The fourth-order valence-corrected chi connectivity index (χ4v) is 2.68. The van der Waals surface area contributed by atoms with Crippen molar-refractivity contribution in [3.05, 3.63) is 35.4 Å². The molecule has 2 unspecified atom stereocenters. The zero-order chi connectivity index (χ0) is 13.1. The second-order valence-electron chi connectivity index (χ2n) is 5.34. The lowest BCUT2D eigenvalue weighted by Crippen LogP contribution is -2.34. The number of carbonyl (C=O) groups excluding carboxylic acids is 1. The summed E-state index contributed by atoms with van der Waals surface area (Å²) in [6, 6.07) is 8.65. The van der Waals surface area contributed by atoms with E-state index in [1.165, 1.54) is 11.1 Å². The predicted molar refractivity (Wildman–Crippen MR) is 73.1 cm³/mol. The Labute approximate surface area is 109 Å². The van der Waals surface area contributed by atoms with Gasteiger partial charge in [0.05, 0.1) is 6.04 Å². The number of nitrogens with two attached hydrogens (primary N) is 1. The minimum atomic E-state index is -0.0590. The van der Waals surface area contributed by atoms with Gasteiger partial charge < -0.3 is 10.6 Å². The summed E-state index contributed by atoms with van der Waals surface area (Å²) in [6.07, 6.45) is 2.60. The third-order valence-electron chi connectivity index (χ3n) is 3.50. The molecule has 1 fully saturated rings. The lowest BCUT2D eigenvalue weighted by molar-refractivity contribution is -0.132. The van der Waals surface area contributed by atoms with Gasteiger partial charge in [0.1, 0.15) is 0 Å². The Bertz CT molecular complexity index is 428. The molecule has 0 aromatic heterocycles. The van der Waals surface area contributed by atoms with Crippen LogP contribution in [0.15, 0.2) is 24.3 Å². The first kappa shape index (κ1) is 13.1. The first-order chi connectivity index (χ1) is 8.58. The quantitative estimate of drug-likeness (QED) is 0.890. The molecule has 0 radical (unpaired) electrons. The molecule has 0 saturated carbocycles. The van der Waals surface area contributed by atoms with Crippen molar-refractivity contribution >= 4 is 5.91 Å². The Kier molecular flexibility index (Phi) is 4.02. The molecule has 1 aliphatic rings. The van der Waals surface area contributed by atoms with Gasteiger partial charge in [-0.2, -0.15) is 0 Å². The van der Waals surface area contributed by atoms with Gasteiger partial charge in [0.15, 0.2) is 0 Å². The van der Waals surface area contributed by atoms with Crippen LogP contribution in [0.5, 0.6) is 0 Å². The molecule has 1 heterocycles. The Morgan fingerprint density at radius 2 is 2.33 bits per heavy atom. The molecule has 2 atom stereocenters. The fraction of sp³-hybridized carbons (Fsp3) is 0.533. The van der Waals surface area contributed by atoms with Crippen molar-refractivity contribution < 1.29 is 4.79 Å². The molecule has 1 aliphatic heterocycles. The molecule has 18 heavy (non-hydrogen) atoms. The Morgan fingerprint density at radius 3 is 3.00 bits per heavy atom. The third-order valence-corrected chi connectivity index (χ3v) is 3.50. The second kappa shape index (κ2) is 5.53. The molecule has 0 aliphatic carbocycles. The van der Waals surface area contributed by atoms with E-state index in [9.17, 15) is 4.79 Å². The SMILES string of the molecule is Cc1cccc(C2CCCN2C(=O)CC(C)N)c1. The van der Waals surface area contributed by atoms with Crippen LogP contribution in [0.25, 0.3) is 0 Å². The molecule has 1 saturated heterocycles. The highest BCUT2D eigenvalue weighted by atomic mass is 16.2. The van der Waals surface area contributed by atoms with E-state index in [1.807, 2.05) is 11.8 Å². The Morgan fingerprint density at radius 1 is 1.56 bits per heavy atom. The molecule has 3 nitrogen and oxygen atoms in total. The van der Waals surface area contributed by atoms with Gasteiger partial charge in [0, 0.05) is 19.0 Å². The molecule has 0 bridgehead atoms. The Balaban J connectivity index is 2.14. The summed E-state index contributed by atoms with van der Waals surface area (Å²) in [6.45, 7) is 4.84. The van der Waals surface area contributed by atoms with E-state index < -0.39 is 0 Å². The zero-order valence-electron chi connectivity index (χ0n) is 11.2. The van der Waals surface area contributed by atoms with E-state index in [1.54, 1.807) is 0 Å². The molecule has 1 amide bonds. The van der Waals surface area contributed by atoms with Gasteiger partial charge in [-0.1, -0.05) is 29.8 Å². The summed E-state index contributed by atoms with van der Waals surface area (Å²) in [5.41, 5.74) is 8.23. The lowest BCUT2D eigenvalue weighted by atomic mass is 10.0. The van der Waals surface area contributed by atoms with Crippen LogP contribution in [0.1, 0.15) is 43.4 Å². The van der Waals surface area contributed by atoms with Gasteiger partial charge in [0.25, 0.3) is 0 Å². The second-order valence-corrected chi connectivity index (χ2v) is 5.34. The predicted octanol–water partition coefficient (Wildman–Crippen LogP) is 2.40. The summed E-state index contributed by atoms with van der Waals surface area (Å²) in [5, 5.41) is 0. The standard InChI is InChI=1S/C15H22N2O/c1-11-5-3-6-13(9-11)14-7-4-8-17(14)15(18)10-12(2)16/h3,5-6,9,12,14H,4,7-8,10,16H2,1-2H3. The van der Waals surface area contributed by atoms with E-state index in [2.05, 4.69) is 31.2 Å². The molecule has 1 aromatic rings. The van der Waals surface area contributed by atoms with Crippen molar-refractivity contribution in [1.29, 1.82) is 0 Å². The number of benzene rings is 1. The molecule has 2 N–H and O–H groups in total. The van der Waals surface area contributed by atoms with Crippen molar-refractivity contribution in [2.75, 3.05) is 6.54 Å². The maximum absolute atomic E-state index is 12.2. The minimum Gasteiger partial charge on any atom is -0.336 e. The van der Waals surface area contributed by atoms with Crippen LogP contribution in [-0.4, -0.2) is 23.4 Å². The number of rotatable bonds is 3. The average molecular weight is 246 g/mol. The first-order valence-corrected chi connectivity index (χ1v) is 6.69. The van der Waals surface area contributed by atoms with Crippen molar-refractivity contribution in [2.45, 2.75) is 45.2 Å². The number of aryl methyl sites for hydroxylation is 1. The van der Waals surface area contributed by atoms with Gasteiger partial charge >= 0.3 is 0 Å². The van der Waals surface area contributed by atoms with Crippen molar-refractivity contribution in [3.63, 3.8) is 0 Å². The van der Waals surface area contributed by atoms with Gasteiger partial charge in [-0.05, 0) is 32.3 Å². The van der Waals surface area contributed by atoms with Crippen molar-refractivity contribution in [3.8, 4) is 0 Å². The minimum absolute atomic E-state index is 0.0590. The summed E-state index contributed by atoms with van der Waals surface area (Å²) in [5.74, 6) is 0.189. The maximum Gasteiger partial charge on any atom is 0.224 e. The van der Waals surface area contributed by atoms with Gasteiger partial charge in [0.2, 0.25) is 5.91 Å². The topological polar surface area (TPSA) is 46.3 Å². The number of nitrogens with zero attached hydrogens (tertiary/aromatic N) is 1. The number of hydrogen-bond acceptors (Lipinski definition) is 2. The Hall–Kier alpha value is -1.35. The zero-order valence-corrected chi connectivity index (χ0v) is 11.2. The van der Waals surface area contributed by atoms with Gasteiger partial charge in [-0.25, -0.2) is 0 Å². The largest absolute Gasteiger partial charge is 0.336 e. The highest BCUT2D eigenvalue weighted by molar-refractivity contribution is 5.77. The fourth-order valence-electron chi connectivity index (χ4n) is 2.68. The van der Waals surface area contributed by atoms with Crippen LogP contribution >= 0.6 is 0 Å². The number of hydrogen-bond donors (Lipinski definition) is 1. The molecule has 2 rings (SSSR count). The van der Waals surface area contributed by atoms with E-state index in [0.29, 0.717) is 6.42 Å². The third kappa shape index (κ3) is 2.91. The van der Waals surface area contributed by atoms with Crippen LogP contribution in [0.4, 0.5) is 0 Å². The van der Waals surface area contributed by atoms with Crippen LogP contribution in [0.3, 0.4) is 0 Å². The van der Waals surface area contributed by atoms with Crippen molar-refractivity contribution in [2.24, 2.45) is 5.73 Å². The smallest absolute Gasteiger partial charge is 0.224 e. The molecular formula is C15H22N2O. The highest BCUT2D eigenvalue weighted by Crippen LogP contribution is 2.32. The monoisotopic (exact) mass is 246 g/mol. The van der Waals surface area contributed by atoms with E-state index >= 15 is 0 Å². The lowest BCUT2D eigenvalue weighted by Gasteiger charge is -2.26. The van der Waals surface area contributed by atoms with Crippen LogP contribution in [-0.2, 0) is 4.79 Å². The number of likely N-dealkylation sites (tertiary alicyclic amines) is 1. The summed E-state index contributed by atoms with van der Waals surface area (Å²) in [7, 11) is 0. The van der Waals surface area contributed by atoms with Gasteiger partial charge in [-0.15, -0.1) is 0 Å². The first-order valence-electron chi connectivity index (χ1n) is 6.69. The normalized spacial score (nSPS) is 21.1. The summed E-state index contributed by atoms with van der Waals surface area (Å²) in [4.78, 5) is 14.2. The van der Waals surface area contributed by atoms with E-state index in [-0.39, 0.29) is 18.0 Å². The van der Waals surface area contributed by atoms with Crippen LogP contribution in [0, 0.1) is 6.92 Å².